The number of fused-ring (bicyclic) bond motifs is 1. The molecule has 2 aliphatic rings. The lowest BCUT2D eigenvalue weighted by Crippen LogP contribution is -2.36. The Hall–Kier alpha value is -1.62. The number of hydrogen-bond acceptors (Lipinski definition) is 3. The van der Waals surface area contributed by atoms with Crippen LogP contribution >= 0.6 is 0 Å². The molecule has 2 aromatic heterocycles. The van der Waals surface area contributed by atoms with Crippen molar-refractivity contribution in [2.75, 3.05) is 6.54 Å². The normalized spacial score (nSPS) is 25.1. The molecule has 4 rings (SSSR count). The van der Waals surface area contributed by atoms with Gasteiger partial charge in [0.05, 0.1) is 17.2 Å². The third kappa shape index (κ3) is 6.69. The van der Waals surface area contributed by atoms with Crippen molar-refractivity contribution in [3.05, 3.63) is 28.9 Å². The summed E-state index contributed by atoms with van der Waals surface area (Å²) in [5.74, 6) is 1.81. The molecule has 0 aromatic carbocycles. The summed E-state index contributed by atoms with van der Waals surface area (Å²) in [6.45, 7) is 1.57. The van der Waals surface area contributed by atoms with Crippen LogP contribution in [0.5, 0.6) is 0 Å². The van der Waals surface area contributed by atoms with Crippen LogP contribution in [-0.4, -0.2) is 27.1 Å². The maximum absolute atomic E-state index is 12.4. The maximum Gasteiger partial charge on any atom is 0.326 e. The standard InChI is InChI=1S/C27H44N4O/c32-27-30-25-21-28-17-16-26(25)31(27)19-18-29-24-15-11-7-6-10-14-23(20-24)22-12-8-4-2-1-3-5-9-13-22/h16-17,21-24,29H,1-15,18-20H2,(H,30,32). The molecule has 0 amide bonds. The van der Waals surface area contributed by atoms with E-state index in [4.69, 9.17) is 0 Å². The number of nitrogens with one attached hydrogen (secondary N) is 2. The summed E-state index contributed by atoms with van der Waals surface area (Å²) in [6.07, 6.45) is 26.1. The van der Waals surface area contributed by atoms with Gasteiger partial charge < -0.3 is 10.3 Å². The Bertz CT molecular complexity index is 847. The minimum atomic E-state index is -0.0244. The minimum absolute atomic E-state index is 0.0244. The number of nitrogens with zero attached hydrogens (tertiary/aromatic N) is 2. The second-order valence-corrected chi connectivity index (χ2v) is 10.4. The Labute approximate surface area is 193 Å². The Morgan fingerprint density at radius 3 is 2.22 bits per heavy atom. The summed E-state index contributed by atoms with van der Waals surface area (Å²) < 4.78 is 1.86. The number of hydrogen-bond donors (Lipinski definition) is 2. The fourth-order valence-corrected chi connectivity index (χ4v) is 6.29. The molecule has 2 atom stereocenters. The van der Waals surface area contributed by atoms with Crippen LogP contribution in [-0.2, 0) is 6.54 Å². The predicted octanol–water partition coefficient (Wildman–Crippen LogP) is 6.18. The summed E-state index contributed by atoms with van der Waals surface area (Å²) in [4.78, 5) is 19.4. The Morgan fingerprint density at radius 2 is 1.50 bits per heavy atom. The van der Waals surface area contributed by atoms with E-state index in [1.54, 1.807) is 12.4 Å². The first-order valence-corrected chi connectivity index (χ1v) is 13.6. The first-order chi connectivity index (χ1) is 15.8. The highest BCUT2D eigenvalue weighted by molar-refractivity contribution is 5.73. The van der Waals surface area contributed by atoms with Crippen LogP contribution in [0.1, 0.15) is 103 Å². The van der Waals surface area contributed by atoms with E-state index >= 15 is 0 Å². The van der Waals surface area contributed by atoms with Crippen LogP contribution in [0.25, 0.3) is 11.0 Å². The van der Waals surface area contributed by atoms with Crippen molar-refractivity contribution < 1.29 is 0 Å². The van der Waals surface area contributed by atoms with Crippen molar-refractivity contribution in [1.29, 1.82) is 0 Å². The molecule has 0 aliphatic heterocycles. The van der Waals surface area contributed by atoms with Gasteiger partial charge in [-0.15, -0.1) is 0 Å². The van der Waals surface area contributed by atoms with Gasteiger partial charge in [-0.1, -0.05) is 89.9 Å². The molecule has 2 fully saturated rings. The fraction of sp³-hybridized carbons (Fsp3) is 0.778. The molecular formula is C27H44N4O. The van der Waals surface area contributed by atoms with E-state index in [2.05, 4.69) is 15.3 Å². The van der Waals surface area contributed by atoms with E-state index in [-0.39, 0.29) is 5.69 Å². The van der Waals surface area contributed by atoms with Gasteiger partial charge in [-0.05, 0) is 30.7 Å². The van der Waals surface area contributed by atoms with Gasteiger partial charge in [-0.3, -0.25) is 9.55 Å². The van der Waals surface area contributed by atoms with Gasteiger partial charge in [0.25, 0.3) is 0 Å². The molecule has 32 heavy (non-hydrogen) atoms. The zero-order chi connectivity index (χ0) is 22.0. The van der Waals surface area contributed by atoms with E-state index in [1.807, 2.05) is 10.6 Å². The molecule has 0 radical (unpaired) electrons. The second kappa shape index (κ2) is 12.6. The van der Waals surface area contributed by atoms with E-state index in [9.17, 15) is 4.79 Å². The lowest BCUT2D eigenvalue weighted by atomic mass is 9.77. The molecule has 2 unspecified atom stereocenters. The van der Waals surface area contributed by atoms with Crippen molar-refractivity contribution in [3.8, 4) is 0 Å². The fourth-order valence-electron chi connectivity index (χ4n) is 6.29. The van der Waals surface area contributed by atoms with Gasteiger partial charge in [0.15, 0.2) is 0 Å². The zero-order valence-electron chi connectivity index (χ0n) is 20.0. The largest absolute Gasteiger partial charge is 0.326 e. The number of imidazole rings is 1. The molecule has 0 bridgehead atoms. The summed E-state index contributed by atoms with van der Waals surface area (Å²) in [6, 6.07) is 2.53. The third-order valence-electron chi connectivity index (χ3n) is 8.13. The molecule has 0 spiro atoms. The molecule has 2 aliphatic carbocycles. The van der Waals surface area contributed by atoms with Crippen molar-refractivity contribution in [2.24, 2.45) is 11.8 Å². The smallest absolute Gasteiger partial charge is 0.312 e. The quantitative estimate of drug-likeness (QED) is 0.583. The van der Waals surface area contributed by atoms with E-state index in [1.165, 1.54) is 103 Å². The Morgan fingerprint density at radius 1 is 0.875 bits per heavy atom. The Balaban J connectivity index is 1.36. The molecule has 178 valence electrons. The number of aromatic nitrogens is 3. The van der Waals surface area contributed by atoms with Crippen LogP contribution in [0.15, 0.2) is 23.3 Å². The Kier molecular flexibility index (Phi) is 9.25. The predicted molar refractivity (Wildman–Crippen MR) is 133 cm³/mol. The molecule has 5 nitrogen and oxygen atoms in total. The molecule has 2 heterocycles. The maximum atomic E-state index is 12.4. The average Bonchev–Trinajstić information content (AvgIpc) is 3.18. The van der Waals surface area contributed by atoms with Crippen LogP contribution in [0.3, 0.4) is 0 Å². The first kappa shape index (κ1) is 23.5. The highest BCUT2D eigenvalue weighted by Crippen LogP contribution is 2.35. The minimum Gasteiger partial charge on any atom is -0.312 e. The summed E-state index contributed by atoms with van der Waals surface area (Å²) in [5, 5.41) is 3.88. The molecule has 2 saturated carbocycles. The van der Waals surface area contributed by atoms with Gasteiger partial charge in [0.2, 0.25) is 0 Å². The average molecular weight is 441 g/mol. The van der Waals surface area contributed by atoms with Crippen molar-refractivity contribution in [2.45, 2.75) is 115 Å². The third-order valence-corrected chi connectivity index (χ3v) is 8.13. The number of H-pyrrole nitrogens is 1. The first-order valence-electron chi connectivity index (χ1n) is 13.6. The summed E-state index contributed by atoms with van der Waals surface area (Å²) in [7, 11) is 0. The van der Waals surface area contributed by atoms with Crippen LogP contribution < -0.4 is 11.0 Å². The van der Waals surface area contributed by atoms with Crippen molar-refractivity contribution >= 4 is 11.0 Å². The lowest BCUT2D eigenvalue weighted by molar-refractivity contribution is 0.219. The zero-order valence-corrected chi connectivity index (χ0v) is 20.0. The van der Waals surface area contributed by atoms with E-state index in [0.29, 0.717) is 12.6 Å². The molecular weight excluding hydrogens is 396 g/mol. The molecule has 2 N–H and O–H groups in total. The van der Waals surface area contributed by atoms with Crippen LogP contribution in [0.4, 0.5) is 0 Å². The number of aromatic amines is 1. The topological polar surface area (TPSA) is 62.7 Å². The van der Waals surface area contributed by atoms with E-state index in [0.717, 1.165) is 29.4 Å². The number of rotatable bonds is 5. The van der Waals surface area contributed by atoms with Crippen LogP contribution in [0.2, 0.25) is 0 Å². The van der Waals surface area contributed by atoms with E-state index < -0.39 is 0 Å². The highest BCUT2D eigenvalue weighted by Gasteiger charge is 2.25. The summed E-state index contributed by atoms with van der Waals surface area (Å²) >= 11 is 0. The number of pyridine rings is 1. The highest BCUT2D eigenvalue weighted by atomic mass is 16.1. The van der Waals surface area contributed by atoms with Gasteiger partial charge in [0, 0.05) is 25.3 Å². The van der Waals surface area contributed by atoms with Gasteiger partial charge in [-0.2, -0.15) is 0 Å². The summed E-state index contributed by atoms with van der Waals surface area (Å²) in [5.41, 5.74) is 1.76. The second-order valence-electron chi connectivity index (χ2n) is 10.4. The molecule has 0 saturated heterocycles. The molecule has 5 heteroatoms. The van der Waals surface area contributed by atoms with Gasteiger partial charge in [0.1, 0.15) is 0 Å². The SMILES string of the molecule is O=c1[nH]c2cnccc2n1CCNC1CCCCCCC(C2CCCCCCCCC2)C1. The van der Waals surface area contributed by atoms with Crippen molar-refractivity contribution in [3.63, 3.8) is 0 Å². The van der Waals surface area contributed by atoms with Crippen LogP contribution in [0, 0.1) is 11.8 Å². The van der Waals surface area contributed by atoms with Gasteiger partial charge >= 0.3 is 5.69 Å². The lowest BCUT2D eigenvalue weighted by Gasteiger charge is -2.31. The van der Waals surface area contributed by atoms with Gasteiger partial charge in [-0.25, -0.2) is 4.79 Å². The molecule has 2 aromatic rings. The monoisotopic (exact) mass is 440 g/mol. The van der Waals surface area contributed by atoms with Crippen molar-refractivity contribution in [1.82, 2.24) is 19.9 Å².